The molecule has 1 fully saturated rings. The summed E-state index contributed by atoms with van der Waals surface area (Å²) in [6, 6.07) is 0. The molecule has 3 unspecified atom stereocenters. The van der Waals surface area contributed by atoms with Crippen molar-refractivity contribution in [3.05, 3.63) is 0 Å². The molecule has 0 aromatic heterocycles. The molecule has 1 aliphatic carbocycles. The van der Waals surface area contributed by atoms with Crippen LogP contribution in [0, 0.1) is 11.3 Å². The molecule has 3 atom stereocenters. The zero-order valence-electron chi connectivity index (χ0n) is 8.92. The van der Waals surface area contributed by atoms with Gasteiger partial charge >= 0.3 is 0 Å². The highest BCUT2D eigenvalue weighted by atomic mass is 16.3. The number of hydrogen-bond acceptors (Lipinski definition) is 2. The van der Waals surface area contributed by atoms with E-state index in [9.17, 15) is 5.11 Å². The van der Waals surface area contributed by atoms with E-state index in [0.717, 1.165) is 19.3 Å². The molecule has 2 nitrogen and oxygen atoms in total. The molecule has 0 bridgehead atoms. The summed E-state index contributed by atoms with van der Waals surface area (Å²) in [5.41, 5.74) is 5.87. The maximum Gasteiger partial charge on any atom is 0.0611 e. The maximum absolute atomic E-state index is 10.1. The molecule has 1 saturated carbocycles. The fourth-order valence-electron chi connectivity index (χ4n) is 2.77. The molecule has 1 rings (SSSR count). The van der Waals surface area contributed by atoms with Crippen LogP contribution in [0.25, 0.3) is 0 Å². The summed E-state index contributed by atoms with van der Waals surface area (Å²) in [6.45, 7) is 5.00. The van der Waals surface area contributed by atoms with E-state index < -0.39 is 0 Å². The van der Waals surface area contributed by atoms with E-state index in [4.69, 9.17) is 5.73 Å². The third kappa shape index (κ3) is 1.89. The summed E-state index contributed by atoms with van der Waals surface area (Å²) < 4.78 is 0. The van der Waals surface area contributed by atoms with Gasteiger partial charge in [0, 0.05) is 12.0 Å². The molecule has 1 aliphatic rings. The van der Waals surface area contributed by atoms with Gasteiger partial charge in [-0.2, -0.15) is 0 Å². The maximum atomic E-state index is 10.1. The molecule has 0 radical (unpaired) electrons. The fraction of sp³-hybridized carbons (Fsp3) is 1.00. The van der Waals surface area contributed by atoms with Gasteiger partial charge in [0.1, 0.15) is 0 Å². The lowest BCUT2D eigenvalue weighted by atomic mass is 9.72. The Kier molecular flexibility index (Phi) is 3.74. The Morgan fingerprint density at radius 1 is 1.62 bits per heavy atom. The van der Waals surface area contributed by atoms with Crippen molar-refractivity contribution in [2.24, 2.45) is 17.1 Å². The first-order valence-corrected chi connectivity index (χ1v) is 5.55. The highest BCUT2D eigenvalue weighted by Gasteiger charge is 2.44. The van der Waals surface area contributed by atoms with Gasteiger partial charge in [-0.15, -0.1) is 0 Å². The molecule has 78 valence electrons. The highest BCUT2D eigenvalue weighted by Crippen LogP contribution is 2.46. The molecule has 0 spiro atoms. The summed E-state index contributed by atoms with van der Waals surface area (Å²) in [5, 5.41) is 10.1. The van der Waals surface area contributed by atoms with E-state index >= 15 is 0 Å². The van der Waals surface area contributed by atoms with Crippen molar-refractivity contribution in [2.75, 3.05) is 6.54 Å². The first-order valence-electron chi connectivity index (χ1n) is 5.55. The van der Waals surface area contributed by atoms with E-state index in [1.165, 1.54) is 12.8 Å². The summed E-state index contributed by atoms with van der Waals surface area (Å²) in [4.78, 5) is 0. The second kappa shape index (κ2) is 4.43. The smallest absolute Gasteiger partial charge is 0.0611 e. The van der Waals surface area contributed by atoms with Crippen LogP contribution in [0.5, 0.6) is 0 Å². The van der Waals surface area contributed by atoms with Crippen molar-refractivity contribution < 1.29 is 5.11 Å². The second-order valence-corrected chi connectivity index (χ2v) is 4.54. The fourth-order valence-corrected chi connectivity index (χ4v) is 2.77. The van der Waals surface area contributed by atoms with E-state index in [0.29, 0.717) is 12.5 Å². The van der Waals surface area contributed by atoms with Crippen LogP contribution in [0.3, 0.4) is 0 Å². The normalized spacial score (nSPS) is 36.5. The molecule has 0 amide bonds. The molecule has 13 heavy (non-hydrogen) atoms. The number of hydrogen-bond donors (Lipinski definition) is 2. The third-order valence-corrected chi connectivity index (χ3v) is 3.87. The largest absolute Gasteiger partial charge is 0.392 e. The SMILES string of the molecule is CCCC(O)C1(CN)CCCC1C. The van der Waals surface area contributed by atoms with Crippen LogP contribution >= 0.6 is 0 Å². The second-order valence-electron chi connectivity index (χ2n) is 4.54. The minimum atomic E-state index is -0.181. The average Bonchev–Trinajstić information content (AvgIpc) is 2.48. The van der Waals surface area contributed by atoms with E-state index in [1.807, 2.05) is 0 Å². The summed E-state index contributed by atoms with van der Waals surface area (Å²) >= 11 is 0. The molecule has 0 aromatic carbocycles. The molecule has 0 saturated heterocycles. The van der Waals surface area contributed by atoms with Crippen molar-refractivity contribution in [1.82, 2.24) is 0 Å². The van der Waals surface area contributed by atoms with Crippen LogP contribution in [0.1, 0.15) is 46.0 Å². The Bertz CT molecular complexity index is 160. The minimum absolute atomic E-state index is 0.0377. The minimum Gasteiger partial charge on any atom is -0.392 e. The Morgan fingerprint density at radius 3 is 2.69 bits per heavy atom. The Balaban J connectivity index is 2.67. The predicted octanol–water partition coefficient (Wildman–Crippen LogP) is 1.91. The van der Waals surface area contributed by atoms with Crippen LogP contribution in [-0.2, 0) is 0 Å². The van der Waals surface area contributed by atoms with Gasteiger partial charge in [0.25, 0.3) is 0 Å². The standard InChI is InChI=1S/C11H23NO/c1-3-5-10(13)11(8-12)7-4-6-9(11)2/h9-10,13H,3-8,12H2,1-2H3. The van der Waals surface area contributed by atoms with Gasteiger partial charge in [0.15, 0.2) is 0 Å². The van der Waals surface area contributed by atoms with Gasteiger partial charge < -0.3 is 10.8 Å². The zero-order valence-corrected chi connectivity index (χ0v) is 8.92. The number of rotatable bonds is 4. The lowest BCUT2D eigenvalue weighted by Crippen LogP contribution is -2.43. The van der Waals surface area contributed by atoms with Crippen molar-refractivity contribution >= 4 is 0 Å². The predicted molar refractivity (Wildman–Crippen MR) is 55.4 cm³/mol. The van der Waals surface area contributed by atoms with Gasteiger partial charge in [-0.3, -0.25) is 0 Å². The summed E-state index contributed by atoms with van der Waals surface area (Å²) in [7, 11) is 0. The molecule has 3 N–H and O–H groups in total. The number of aliphatic hydroxyl groups excluding tert-OH is 1. The number of aliphatic hydroxyl groups is 1. The van der Waals surface area contributed by atoms with Crippen LogP contribution in [0.15, 0.2) is 0 Å². The topological polar surface area (TPSA) is 46.2 Å². The highest BCUT2D eigenvalue weighted by molar-refractivity contribution is 4.95. The van der Waals surface area contributed by atoms with Gasteiger partial charge in [0.2, 0.25) is 0 Å². The van der Waals surface area contributed by atoms with Crippen molar-refractivity contribution in [1.29, 1.82) is 0 Å². The first kappa shape index (κ1) is 11.0. The zero-order chi connectivity index (χ0) is 9.90. The Hall–Kier alpha value is -0.0800. The molecule has 2 heteroatoms. The van der Waals surface area contributed by atoms with Crippen LogP contribution in [0.4, 0.5) is 0 Å². The average molecular weight is 185 g/mol. The van der Waals surface area contributed by atoms with Crippen LogP contribution < -0.4 is 5.73 Å². The first-order chi connectivity index (χ1) is 6.17. The molecule has 0 aromatic rings. The number of nitrogens with two attached hydrogens (primary N) is 1. The monoisotopic (exact) mass is 185 g/mol. The van der Waals surface area contributed by atoms with Gasteiger partial charge in [0.05, 0.1) is 6.10 Å². The molecular formula is C11H23NO. The third-order valence-electron chi connectivity index (χ3n) is 3.87. The van der Waals surface area contributed by atoms with Gasteiger partial charge in [-0.05, 0) is 18.8 Å². The van der Waals surface area contributed by atoms with Gasteiger partial charge in [-0.1, -0.05) is 33.1 Å². The lowest BCUT2D eigenvalue weighted by molar-refractivity contribution is 0.000530. The quantitative estimate of drug-likeness (QED) is 0.703. The Labute approximate surface area is 81.5 Å². The summed E-state index contributed by atoms with van der Waals surface area (Å²) in [6.07, 6.45) is 5.36. The lowest BCUT2D eigenvalue weighted by Gasteiger charge is -2.37. The van der Waals surface area contributed by atoms with Crippen LogP contribution in [0.2, 0.25) is 0 Å². The molecule has 0 heterocycles. The molecular weight excluding hydrogens is 162 g/mol. The van der Waals surface area contributed by atoms with E-state index in [-0.39, 0.29) is 11.5 Å². The van der Waals surface area contributed by atoms with Crippen LogP contribution in [-0.4, -0.2) is 17.8 Å². The van der Waals surface area contributed by atoms with E-state index in [2.05, 4.69) is 13.8 Å². The van der Waals surface area contributed by atoms with Crippen molar-refractivity contribution in [3.63, 3.8) is 0 Å². The van der Waals surface area contributed by atoms with Crippen molar-refractivity contribution in [3.8, 4) is 0 Å². The molecule has 0 aliphatic heterocycles. The van der Waals surface area contributed by atoms with Gasteiger partial charge in [-0.25, -0.2) is 0 Å². The Morgan fingerprint density at radius 2 is 2.31 bits per heavy atom. The van der Waals surface area contributed by atoms with Crippen molar-refractivity contribution in [2.45, 2.75) is 52.1 Å². The van der Waals surface area contributed by atoms with E-state index in [1.54, 1.807) is 0 Å². The summed E-state index contributed by atoms with van der Waals surface area (Å²) in [5.74, 6) is 0.596.